The summed E-state index contributed by atoms with van der Waals surface area (Å²) in [6, 6.07) is 8.68. The van der Waals surface area contributed by atoms with Crippen molar-refractivity contribution in [2.75, 3.05) is 0 Å². The fourth-order valence-electron chi connectivity index (χ4n) is 1.33. The molecule has 0 heterocycles. The third-order valence-electron chi connectivity index (χ3n) is 2.66. The van der Waals surface area contributed by atoms with Crippen LogP contribution in [-0.2, 0) is 9.84 Å². The van der Waals surface area contributed by atoms with Gasteiger partial charge in [-0.25, -0.2) is 8.42 Å². The molecule has 1 aromatic carbocycles. The lowest BCUT2D eigenvalue weighted by Crippen LogP contribution is -2.18. The molecular weight excluding hydrogens is 311 g/mol. The Morgan fingerprint density at radius 1 is 1.14 bits per heavy atom. The highest BCUT2D eigenvalue weighted by Crippen LogP contribution is 2.45. The Bertz CT molecular complexity index is 407. The predicted molar refractivity (Wildman–Crippen MR) is 66.7 cm³/mol. The zero-order valence-corrected chi connectivity index (χ0v) is 11.1. The third kappa shape index (κ3) is 1.82. The maximum absolute atomic E-state index is 11.9. The van der Waals surface area contributed by atoms with E-state index in [9.17, 15) is 8.42 Å². The number of sulfone groups is 1. The highest BCUT2D eigenvalue weighted by atomic mass is 127. The molecule has 1 aliphatic rings. The van der Waals surface area contributed by atoms with Crippen molar-refractivity contribution in [3.05, 3.63) is 30.3 Å². The Hall–Kier alpha value is -0.100. The van der Waals surface area contributed by atoms with Gasteiger partial charge in [0.05, 0.1) is 9.64 Å². The van der Waals surface area contributed by atoms with Gasteiger partial charge in [0.2, 0.25) is 0 Å². The van der Waals surface area contributed by atoms with E-state index in [1.165, 1.54) is 0 Å². The first-order valence-corrected chi connectivity index (χ1v) is 5.84. The van der Waals surface area contributed by atoms with Crippen LogP contribution in [0.2, 0.25) is 0 Å². The molecule has 1 aliphatic carbocycles. The largest absolute Gasteiger partial charge is 0.223 e. The summed E-state index contributed by atoms with van der Waals surface area (Å²) in [5.74, 6) is 0. The monoisotopic (exact) mass is 324 g/mol. The Labute approximate surface area is 102 Å². The lowest BCUT2D eigenvalue weighted by Gasteiger charge is -2.09. The van der Waals surface area contributed by atoms with Gasteiger partial charge in [-0.2, -0.15) is 0 Å². The third-order valence-corrected chi connectivity index (χ3v) is 5.25. The molecule has 2 nitrogen and oxygen atoms in total. The Morgan fingerprint density at radius 3 is 2.07 bits per heavy atom. The average Bonchev–Trinajstić information content (AvgIpc) is 2.87. The van der Waals surface area contributed by atoms with Crippen molar-refractivity contribution >= 4 is 33.8 Å². The first-order chi connectivity index (χ1) is 6.06. The first kappa shape index (κ1) is 12.0. The average molecular weight is 324 g/mol. The number of benzene rings is 1. The van der Waals surface area contributed by atoms with Crippen molar-refractivity contribution in [3.63, 3.8) is 0 Å². The van der Waals surface area contributed by atoms with E-state index in [-0.39, 0.29) is 24.0 Å². The van der Waals surface area contributed by atoms with Gasteiger partial charge in [0, 0.05) is 0 Å². The minimum atomic E-state index is -3.07. The molecule has 0 aliphatic heterocycles. The normalized spacial score (nSPS) is 18.4. The summed E-state index contributed by atoms with van der Waals surface area (Å²) < 4.78 is 23.4. The Kier molecular flexibility index (Phi) is 3.26. The van der Waals surface area contributed by atoms with Crippen LogP contribution in [0.5, 0.6) is 0 Å². The quantitative estimate of drug-likeness (QED) is 0.784. The Balaban J connectivity index is 0.000000980. The van der Waals surface area contributed by atoms with Gasteiger partial charge in [0.1, 0.15) is 0 Å². The maximum atomic E-state index is 11.9. The molecule has 1 fully saturated rings. The molecule has 0 bridgehead atoms. The standard InChI is InChI=1S/C10H12O2S.HI/c1-10(7-8-10)13(11,12)9-5-3-2-4-6-9;/h2-6H,7-8H2,1H3;1H. The van der Waals surface area contributed by atoms with Gasteiger partial charge in [-0.3, -0.25) is 0 Å². The molecule has 1 saturated carbocycles. The van der Waals surface area contributed by atoms with Gasteiger partial charge in [0.25, 0.3) is 0 Å². The summed E-state index contributed by atoms with van der Waals surface area (Å²) in [6.07, 6.45) is 1.59. The molecule has 0 aromatic heterocycles. The molecule has 0 atom stereocenters. The van der Waals surface area contributed by atoms with E-state index < -0.39 is 14.6 Å². The zero-order chi connectivity index (χ0) is 9.53. The van der Waals surface area contributed by atoms with Crippen LogP contribution in [0, 0.1) is 0 Å². The molecule has 4 heteroatoms. The lowest BCUT2D eigenvalue weighted by molar-refractivity contribution is 0.582. The smallest absolute Gasteiger partial charge is 0.183 e. The summed E-state index contributed by atoms with van der Waals surface area (Å²) in [5.41, 5.74) is 0. The lowest BCUT2D eigenvalue weighted by atomic mass is 10.4. The fourth-order valence-corrected chi connectivity index (χ4v) is 3.05. The molecule has 0 spiro atoms. The molecule has 78 valence electrons. The first-order valence-electron chi connectivity index (χ1n) is 4.36. The summed E-state index contributed by atoms with van der Waals surface area (Å²) in [4.78, 5) is 0.454. The van der Waals surface area contributed by atoms with Crippen LogP contribution < -0.4 is 0 Å². The van der Waals surface area contributed by atoms with Gasteiger partial charge in [-0.1, -0.05) is 18.2 Å². The Morgan fingerprint density at radius 2 is 1.64 bits per heavy atom. The molecular formula is C10H13IO2S. The van der Waals surface area contributed by atoms with Gasteiger partial charge >= 0.3 is 0 Å². The SMILES string of the molecule is CC1(S(=O)(=O)c2ccccc2)CC1.I. The van der Waals surface area contributed by atoms with Crippen molar-refractivity contribution in [2.24, 2.45) is 0 Å². The summed E-state index contributed by atoms with van der Waals surface area (Å²) in [5, 5.41) is 0. The zero-order valence-electron chi connectivity index (χ0n) is 7.93. The van der Waals surface area contributed by atoms with Crippen molar-refractivity contribution in [1.82, 2.24) is 0 Å². The molecule has 14 heavy (non-hydrogen) atoms. The van der Waals surface area contributed by atoms with E-state index in [0.29, 0.717) is 4.90 Å². The highest BCUT2D eigenvalue weighted by molar-refractivity contribution is 14.0. The van der Waals surface area contributed by atoms with Crippen LogP contribution in [-0.4, -0.2) is 13.2 Å². The van der Waals surface area contributed by atoms with Crippen molar-refractivity contribution in [2.45, 2.75) is 29.4 Å². The molecule has 0 N–H and O–H groups in total. The fraction of sp³-hybridized carbons (Fsp3) is 0.400. The van der Waals surface area contributed by atoms with Gasteiger partial charge < -0.3 is 0 Å². The van der Waals surface area contributed by atoms with E-state index in [0.717, 1.165) is 12.8 Å². The van der Waals surface area contributed by atoms with Crippen LogP contribution in [0.3, 0.4) is 0 Å². The minimum absolute atomic E-state index is 0. The van der Waals surface area contributed by atoms with Crippen LogP contribution in [0.1, 0.15) is 19.8 Å². The van der Waals surface area contributed by atoms with E-state index in [1.54, 1.807) is 24.3 Å². The summed E-state index contributed by atoms with van der Waals surface area (Å²) >= 11 is 0. The highest BCUT2D eigenvalue weighted by Gasteiger charge is 2.50. The van der Waals surface area contributed by atoms with Crippen LogP contribution in [0.25, 0.3) is 0 Å². The summed E-state index contributed by atoms with van der Waals surface area (Å²) in [6.45, 7) is 1.81. The predicted octanol–water partition coefficient (Wildman–Crippen LogP) is 2.63. The van der Waals surface area contributed by atoms with E-state index >= 15 is 0 Å². The van der Waals surface area contributed by atoms with Crippen molar-refractivity contribution in [3.8, 4) is 0 Å². The molecule has 1 aromatic rings. The second kappa shape index (κ2) is 3.81. The number of hydrogen-bond donors (Lipinski definition) is 0. The molecule has 2 rings (SSSR count). The minimum Gasteiger partial charge on any atom is -0.223 e. The molecule has 0 saturated heterocycles. The number of rotatable bonds is 2. The molecule has 0 amide bonds. The second-order valence-corrected chi connectivity index (χ2v) is 6.23. The number of hydrogen-bond acceptors (Lipinski definition) is 2. The van der Waals surface area contributed by atoms with Crippen LogP contribution >= 0.6 is 24.0 Å². The molecule has 0 unspecified atom stereocenters. The van der Waals surface area contributed by atoms with E-state index in [1.807, 2.05) is 13.0 Å². The van der Waals surface area contributed by atoms with Crippen molar-refractivity contribution in [1.29, 1.82) is 0 Å². The van der Waals surface area contributed by atoms with Crippen molar-refractivity contribution < 1.29 is 8.42 Å². The van der Waals surface area contributed by atoms with E-state index in [2.05, 4.69) is 0 Å². The van der Waals surface area contributed by atoms with E-state index in [4.69, 9.17) is 0 Å². The topological polar surface area (TPSA) is 34.1 Å². The van der Waals surface area contributed by atoms with Gasteiger partial charge in [0.15, 0.2) is 9.84 Å². The van der Waals surface area contributed by atoms with Crippen LogP contribution in [0.15, 0.2) is 35.2 Å². The second-order valence-electron chi connectivity index (χ2n) is 3.77. The van der Waals surface area contributed by atoms with Crippen LogP contribution in [0.4, 0.5) is 0 Å². The summed E-state index contributed by atoms with van der Waals surface area (Å²) in [7, 11) is -3.07. The van der Waals surface area contributed by atoms with Gasteiger partial charge in [-0.15, -0.1) is 24.0 Å². The number of halogens is 1. The van der Waals surface area contributed by atoms with Gasteiger partial charge in [-0.05, 0) is 31.9 Å². The molecule has 0 radical (unpaired) electrons. The maximum Gasteiger partial charge on any atom is 0.183 e.